The van der Waals surface area contributed by atoms with Gasteiger partial charge in [-0.3, -0.25) is 0 Å². The van der Waals surface area contributed by atoms with E-state index in [1.54, 1.807) is 31.2 Å². The lowest BCUT2D eigenvalue weighted by Gasteiger charge is -2.29. The van der Waals surface area contributed by atoms with Crippen molar-refractivity contribution in [1.29, 1.82) is 5.26 Å². The van der Waals surface area contributed by atoms with E-state index in [0.29, 0.717) is 17.0 Å². The third kappa shape index (κ3) is 4.13. The minimum Gasteiger partial charge on any atom is -0.486 e. The Morgan fingerprint density at radius 3 is 2.57 bits per heavy atom. The third-order valence-corrected chi connectivity index (χ3v) is 4.16. The number of urea groups is 1. The van der Waals surface area contributed by atoms with Gasteiger partial charge in [0.05, 0.1) is 29.5 Å². The maximum absolute atomic E-state index is 12.7. The summed E-state index contributed by atoms with van der Waals surface area (Å²) in [5.74, 6) is -0.180. The average Bonchev–Trinajstić information content (AvgIpc) is 2.72. The quantitative estimate of drug-likeness (QED) is 0.754. The molecule has 1 atom stereocenters. The molecule has 1 aliphatic heterocycles. The molecule has 2 aromatic rings. The minimum atomic E-state index is -0.668. The van der Waals surface area contributed by atoms with Gasteiger partial charge in [-0.05, 0) is 24.6 Å². The zero-order valence-electron chi connectivity index (χ0n) is 15.3. The number of benzene rings is 2. The van der Waals surface area contributed by atoms with E-state index >= 15 is 0 Å². The molecule has 0 aromatic heterocycles. The van der Waals surface area contributed by atoms with Gasteiger partial charge in [-0.1, -0.05) is 42.5 Å². The van der Waals surface area contributed by atoms with Crippen LogP contribution in [0.4, 0.5) is 4.79 Å². The van der Waals surface area contributed by atoms with Gasteiger partial charge in [0.25, 0.3) is 0 Å². The fourth-order valence-corrected chi connectivity index (χ4v) is 2.91. The molecule has 0 bridgehead atoms. The Bertz CT molecular complexity index is 948. The van der Waals surface area contributed by atoms with Crippen LogP contribution in [0.5, 0.6) is 5.75 Å². The Hall–Kier alpha value is -3.79. The zero-order valence-corrected chi connectivity index (χ0v) is 15.3. The monoisotopic (exact) mass is 377 g/mol. The first-order chi connectivity index (χ1) is 13.6. The molecular formula is C21H19N3O4. The van der Waals surface area contributed by atoms with Gasteiger partial charge in [0.15, 0.2) is 0 Å². The molecule has 0 saturated heterocycles. The third-order valence-electron chi connectivity index (χ3n) is 4.16. The summed E-state index contributed by atoms with van der Waals surface area (Å²) in [6.45, 7) is 1.82. The molecule has 0 saturated carbocycles. The first-order valence-electron chi connectivity index (χ1n) is 8.78. The SMILES string of the molecule is CCOC(=O)C1=C(COc2ccccc2C#N)NC(=O)NC1c1ccccc1. The summed E-state index contributed by atoms with van der Waals surface area (Å²) in [6.07, 6.45) is 0. The van der Waals surface area contributed by atoms with E-state index in [1.807, 2.05) is 36.4 Å². The molecule has 0 spiro atoms. The molecule has 3 rings (SSSR count). The van der Waals surface area contributed by atoms with Gasteiger partial charge >= 0.3 is 12.0 Å². The van der Waals surface area contributed by atoms with Crippen LogP contribution >= 0.6 is 0 Å². The van der Waals surface area contributed by atoms with E-state index in [4.69, 9.17) is 9.47 Å². The Morgan fingerprint density at radius 1 is 1.14 bits per heavy atom. The number of amides is 2. The molecule has 0 aliphatic carbocycles. The number of hydrogen-bond acceptors (Lipinski definition) is 5. The summed E-state index contributed by atoms with van der Waals surface area (Å²) in [6, 6.07) is 16.8. The van der Waals surface area contributed by atoms with Crippen LogP contribution in [-0.4, -0.2) is 25.2 Å². The number of nitrogens with one attached hydrogen (secondary N) is 2. The molecule has 2 aromatic carbocycles. The number of rotatable bonds is 6. The number of ether oxygens (including phenoxy) is 2. The van der Waals surface area contributed by atoms with Crippen molar-refractivity contribution < 1.29 is 19.1 Å². The van der Waals surface area contributed by atoms with Gasteiger partial charge in [-0.25, -0.2) is 9.59 Å². The van der Waals surface area contributed by atoms with Crippen molar-refractivity contribution in [2.75, 3.05) is 13.2 Å². The molecule has 7 nitrogen and oxygen atoms in total. The second kappa shape index (κ2) is 8.73. The van der Waals surface area contributed by atoms with E-state index in [0.717, 1.165) is 5.56 Å². The predicted octanol–water partition coefficient (Wildman–Crippen LogP) is 2.81. The second-order valence-electron chi connectivity index (χ2n) is 5.95. The molecule has 1 aliphatic rings. The van der Waals surface area contributed by atoms with E-state index in [2.05, 4.69) is 10.6 Å². The van der Waals surface area contributed by atoms with Crippen LogP contribution in [0.15, 0.2) is 65.9 Å². The molecule has 2 amide bonds. The van der Waals surface area contributed by atoms with Gasteiger partial charge in [-0.15, -0.1) is 0 Å². The van der Waals surface area contributed by atoms with Crippen molar-refractivity contribution in [1.82, 2.24) is 10.6 Å². The number of nitriles is 1. The van der Waals surface area contributed by atoms with Crippen LogP contribution in [0.1, 0.15) is 24.1 Å². The summed E-state index contributed by atoms with van der Waals surface area (Å²) in [7, 11) is 0. The number of nitrogens with zero attached hydrogens (tertiary/aromatic N) is 1. The smallest absolute Gasteiger partial charge is 0.338 e. The normalized spacial score (nSPS) is 15.9. The van der Waals surface area contributed by atoms with Crippen LogP contribution < -0.4 is 15.4 Å². The fourth-order valence-electron chi connectivity index (χ4n) is 2.91. The fraction of sp³-hybridized carbons (Fsp3) is 0.190. The summed E-state index contributed by atoms with van der Waals surface area (Å²) >= 11 is 0. The van der Waals surface area contributed by atoms with E-state index < -0.39 is 18.0 Å². The lowest BCUT2D eigenvalue weighted by atomic mass is 9.95. The van der Waals surface area contributed by atoms with Gasteiger partial charge in [0, 0.05) is 0 Å². The maximum Gasteiger partial charge on any atom is 0.338 e. The number of esters is 1. The molecule has 142 valence electrons. The van der Waals surface area contributed by atoms with Crippen LogP contribution in [0.3, 0.4) is 0 Å². The van der Waals surface area contributed by atoms with E-state index in [1.165, 1.54) is 0 Å². The highest BCUT2D eigenvalue weighted by molar-refractivity contribution is 5.95. The molecule has 0 radical (unpaired) electrons. The highest BCUT2D eigenvalue weighted by Gasteiger charge is 2.33. The number of carbonyl (C=O) groups excluding carboxylic acids is 2. The van der Waals surface area contributed by atoms with Crippen LogP contribution in [0.2, 0.25) is 0 Å². The van der Waals surface area contributed by atoms with Gasteiger partial charge < -0.3 is 20.1 Å². The van der Waals surface area contributed by atoms with E-state index in [9.17, 15) is 14.9 Å². The van der Waals surface area contributed by atoms with Gasteiger partial charge in [-0.2, -0.15) is 5.26 Å². The van der Waals surface area contributed by atoms with Crippen molar-refractivity contribution in [3.05, 3.63) is 77.0 Å². The number of carbonyl (C=O) groups is 2. The molecular weight excluding hydrogens is 358 g/mol. The van der Waals surface area contributed by atoms with Crippen molar-refractivity contribution in [3.63, 3.8) is 0 Å². The Balaban J connectivity index is 1.98. The van der Waals surface area contributed by atoms with Crippen molar-refractivity contribution in [2.45, 2.75) is 13.0 Å². The predicted molar refractivity (Wildman–Crippen MR) is 101 cm³/mol. The summed E-state index contributed by atoms with van der Waals surface area (Å²) in [5, 5.41) is 14.6. The average molecular weight is 377 g/mol. The first-order valence-corrected chi connectivity index (χ1v) is 8.78. The Labute approximate surface area is 162 Å². The largest absolute Gasteiger partial charge is 0.486 e. The molecule has 7 heteroatoms. The molecule has 1 unspecified atom stereocenters. The summed E-state index contributed by atoms with van der Waals surface area (Å²) in [5.41, 5.74) is 1.67. The van der Waals surface area contributed by atoms with Crippen molar-refractivity contribution in [3.8, 4) is 11.8 Å². The minimum absolute atomic E-state index is 0.0937. The molecule has 0 fully saturated rings. The maximum atomic E-state index is 12.7. The van der Waals surface area contributed by atoms with Crippen LogP contribution in [0.25, 0.3) is 0 Å². The Kier molecular flexibility index (Phi) is 5.92. The molecule has 1 heterocycles. The first kappa shape index (κ1) is 19.0. The standard InChI is InChI=1S/C21H19N3O4/c1-2-27-20(25)18-16(13-28-17-11-7-6-10-15(17)12-22)23-21(26)24-19(18)14-8-4-3-5-9-14/h3-11,19H,2,13H2,1H3,(H2,23,24,26). The van der Waals surface area contributed by atoms with Gasteiger partial charge in [0.2, 0.25) is 0 Å². The van der Waals surface area contributed by atoms with E-state index in [-0.39, 0.29) is 18.8 Å². The summed E-state index contributed by atoms with van der Waals surface area (Å²) in [4.78, 5) is 24.9. The Morgan fingerprint density at radius 2 is 1.86 bits per heavy atom. The van der Waals surface area contributed by atoms with Crippen LogP contribution in [-0.2, 0) is 9.53 Å². The van der Waals surface area contributed by atoms with Crippen LogP contribution in [0, 0.1) is 11.3 Å². The van der Waals surface area contributed by atoms with Crippen molar-refractivity contribution >= 4 is 12.0 Å². The second-order valence-corrected chi connectivity index (χ2v) is 5.95. The molecule has 2 N–H and O–H groups in total. The number of hydrogen-bond donors (Lipinski definition) is 2. The summed E-state index contributed by atoms with van der Waals surface area (Å²) < 4.78 is 10.9. The number of para-hydroxylation sites is 1. The zero-order chi connectivity index (χ0) is 19.9. The topological polar surface area (TPSA) is 100 Å². The van der Waals surface area contributed by atoms with Crippen molar-refractivity contribution in [2.24, 2.45) is 0 Å². The van der Waals surface area contributed by atoms with Gasteiger partial charge in [0.1, 0.15) is 18.4 Å². The lowest BCUT2D eigenvalue weighted by molar-refractivity contribution is -0.139. The molecule has 28 heavy (non-hydrogen) atoms. The highest BCUT2D eigenvalue weighted by atomic mass is 16.5. The lowest BCUT2D eigenvalue weighted by Crippen LogP contribution is -2.47. The highest BCUT2D eigenvalue weighted by Crippen LogP contribution is 2.28.